The summed E-state index contributed by atoms with van der Waals surface area (Å²) in [7, 11) is 3.37. The fourth-order valence-electron chi connectivity index (χ4n) is 1.23. The molecule has 0 aromatic carbocycles. The van der Waals surface area contributed by atoms with Crippen LogP contribution in [-0.2, 0) is 16.6 Å². The third kappa shape index (κ3) is 3.08. The quantitative estimate of drug-likeness (QED) is 0.528. The standard InChI is InChI=1S/C10H16N3O3/c1-4-16-9(14)7-12(3)10(15)13-6-5-11(2)8-13/h5-6,8H,4,7H2,1-3H3/q+1. The van der Waals surface area contributed by atoms with Gasteiger partial charge in [0.15, 0.2) is 0 Å². The molecule has 1 amide bonds. The summed E-state index contributed by atoms with van der Waals surface area (Å²) in [4.78, 5) is 24.2. The number of amides is 1. The summed E-state index contributed by atoms with van der Waals surface area (Å²) in [5.41, 5.74) is 0. The van der Waals surface area contributed by atoms with E-state index in [1.807, 2.05) is 7.05 Å². The van der Waals surface area contributed by atoms with Gasteiger partial charge in [-0.2, -0.15) is 4.57 Å². The van der Waals surface area contributed by atoms with Crippen LogP contribution in [0.2, 0.25) is 0 Å². The summed E-state index contributed by atoms with van der Waals surface area (Å²) in [5.74, 6) is -0.408. The second-order valence-electron chi connectivity index (χ2n) is 3.43. The van der Waals surface area contributed by atoms with Gasteiger partial charge in [-0.15, -0.1) is 0 Å². The minimum absolute atomic E-state index is 0.0471. The van der Waals surface area contributed by atoms with E-state index >= 15 is 0 Å². The van der Waals surface area contributed by atoms with Crippen molar-refractivity contribution < 1.29 is 18.9 Å². The molecule has 0 saturated carbocycles. The maximum absolute atomic E-state index is 11.8. The number of likely N-dealkylation sites (N-methyl/N-ethyl adjacent to an activating group) is 1. The van der Waals surface area contributed by atoms with Crippen LogP contribution >= 0.6 is 0 Å². The second-order valence-corrected chi connectivity index (χ2v) is 3.43. The van der Waals surface area contributed by atoms with E-state index in [2.05, 4.69) is 0 Å². The van der Waals surface area contributed by atoms with Crippen molar-refractivity contribution in [3.05, 3.63) is 18.7 Å². The molecule has 6 heteroatoms. The fraction of sp³-hybridized carbons (Fsp3) is 0.500. The average molecular weight is 226 g/mol. The molecule has 0 aliphatic rings. The molecule has 88 valence electrons. The molecule has 0 N–H and O–H groups in total. The molecule has 0 radical (unpaired) electrons. The summed E-state index contributed by atoms with van der Waals surface area (Å²) in [6.45, 7) is 2.00. The lowest BCUT2D eigenvalue weighted by molar-refractivity contribution is -0.670. The van der Waals surface area contributed by atoms with Gasteiger partial charge in [0.1, 0.15) is 18.9 Å². The third-order valence-corrected chi connectivity index (χ3v) is 1.99. The van der Waals surface area contributed by atoms with Crippen molar-refractivity contribution in [3.63, 3.8) is 0 Å². The number of carbonyl (C=O) groups is 2. The van der Waals surface area contributed by atoms with Crippen molar-refractivity contribution in [1.29, 1.82) is 0 Å². The van der Waals surface area contributed by atoms with Gasteiger partial charge < -0.3 is 4.74 Å². The predicted octanol–water partition coefficient (Wildman–Crippen LogP) is -0.224. The Bertz CT molecular complexity index is 386. The summed E-state index contributed by atoms with van der Waals surface area (Å²) < 4.78 is 7.90. The number of imidazole rings is 1. The van der Waals surface area contributed by atoms with Crippen LogP contribution in [-0.4, -0.2) is 41.7 Å². The Hall–Kier alpha value is -1.85. The average Bonchev–Trinajstić information content (AvgIpc) is 2.64. The van der Waals surface area contributed by atoms with Crippen LogP contribution in [0.25, 0.3) is 0 Å². The van der Waals surface area contributed by atoms with Crippen LogP contribution in [0.15, 0.2) is 18.7 Å². The maximum atomic E-state index is 11.8. The molecule has 0 aliphatic heterocycles. The van der Waals surface area contributed by atoms with E-state index in [1.54, 1.807) is 37.3 Å². The first-order chi connectivity index (χ1) is 7.54. The van der Waals surface area contributed by atoms with Crippen molar-refractivity contribution >= 4 is 12.0 Å². The van der Waals surface area contributed by atoms with Crippen molar-refractivity contribution in [3.8, 4) is 0 Å². The lowest BCUT2D eigenvalue weighted by Gasteiger charge is -2.12. The first-order valence-electron chi connectivity index (χ1n) is 4.99. The van der Waals surface area contributed by atoms with E-state index < -0.39 is 5.97 Å². The molecule has 6 nitrogen and oxygen atoms in total. The predicted molar refractivity (Wildman–Crippen MR) is 55.7 cm³/mol. The maximum Gasteiger partial charge on any atom is 0.416 e. The Kier molecular flexibility index (Phi) is 4.04. The number of hydrogen-bond donors (Lipinski definition) is 0. The highest BCUT2D eigenvalue weighted by Crippen LogP contribution is 1.93. The molecule has 1 rings (SSSR count). The van der Waals surface area contributed by atoms with Gasteiger partial charge in [-0.3, -0.25) is 9.69 Å². The molecule has 0 spiro atoms. The van der Waals surface area contributed by atoms with E-state index in [1.165, 1.54) is 9.47 Å². The Labute approximate surface area is 94.0 Å². The Morgan fingerprint density at radius 1 is 1.50 bits per heavy atom. The van der Waals surface area contributed by atoms with Gasteiger partial charge in [-0.05, 0) is 6.92 Å². The minimum Gasteiger partial charge on any atom is -0.465 e. The van der Waals surface area contributed by atoms with Gasteiger partial charge >= 0.3 is 12.0 Å². The van der Waals surface area contributed by atoms with Crippen molar-refractivity contribution in [2.24, 2.45) is 7.05 Å². The molecule has 0 atom stereocenters. The number of hydrogen-bond acceptors (Lipinski definition) is 3. The fourth-order valence-corrected chi connectivity index (χ4v) is 1.23. The normalized spacial score (nSPS) is 9.94. The van der Waals surface area contributed by atoms with Gasteiger partial charge in [0.25, 0.3) is 6.33 Å². The van der Waals surface area contributed by atoms with Crippen molar-refractivity contribution in [1.82, 2.24) is 9.47 Å². The highest BCUT2D eigenvalue weighted by atomic mass is 16.5. The lowest BCUT2D eigenvalue weighted by atomic mass is 10.5. The topological polar surface area (TPSA) is 55.4 Å². The van der Waals surface area contributed by atoms with E-state index in [9.17, 15) is 9.59 Å². The van der Waals surface area contributed by atoms with E-state index in [4.69, 9.17) is 4.74 Å². The highest BCUT2D eigenvalue weighted by Gasteiger charge is 2.19. The summed E-state index contributed by atoms with van der Waals surface area (Å²) in [6, 6.07) is -0.270. The van der Waals surface area contributed by atoms with Gasteiger partial charge in [0.2, 0.25) is 0 Å². The van der Waals surface area contributed by atoms with E-state index in [0.717, 1.165) is 0 Å². The Morgan fingerprint density at radius 3 is 2.69 bits per heavy atom. The monoisotopic (exact) mass is 226 g/mol. The molecule has 1 aromatic rings. The van der Waals surface area contributed by atoms with Gasteiger partial charge in [0.05, 0.1) is 13.7 Å². The lowest BCUT2D eigenvalue weighted by Crippen LogP contribution is -2.36. The van der Waals surface area contributed by atoms with Crippen LogP contribution in [0.3, 0.4) is 0 Å². The molecule has 1 heterocycles. The molecule has 0 aliphatic carbocycles. The molecule has 0 fully saturated rings. The summed E-state index contributed by atoms with van der Waals surface area (Å²) >= 11 is 0. The third-order valence-electron chi connectivity index (χ3n) is 1.99. The summed E-state index contributed by atoms with van der Waals surface area (Å²) in [6.07, 6.45) is 5.00. The molecule has 0 unspecified atom stereocenters. The van der Waals surface area contributed by atoms with Gasteiger partial charge in [0, 0.05) is 7.05 Å². The van der Waals surface area contributed by atoms with Gasteiger partial charge in [-0.25, -0.2) is 9.36 Å². The van der Waals surface area contributed by atoms with Gasteiger partial charge in [-0.1, -0.05) is 0 Å². The zero-order chi connectivity index (χ0) is 12.1. The number of aryl methyl sites for hydroxylation is 1. The van der Waals surface area contributed by atoms with E-state index in [-0.39, 0.29) is 12.6 Å². The number of nitrogens with zero attached hydrogens (tertiary/aromatic N) is 3. The first-order valence-corrected chi connectivity index (χ1v) is 4.99. The number of carbonyl (C=O) groups excluding carboxylic acids is 2. The molecular formula is C10H16N3O3+. The second kappa shape index (κ2) is 5.29. The highest BCUT2D eigenvalue weighted by molar-refractivity contribution is 5.81. The number of aromatic nitrogens is 2. The minimum atomic E-state index is -0.408. The molecule has 0 saturated heterocycles. The van der Waals surface area contributed by atoms with Crippen molar-refractivity contribution in [2.75, 3.05) is 20.2 Å². The first kappa shape index (κ1) is 12.2. The van der Waals surface area contributed by atoms with Crippen molar-refractivity contribution in [2.45, 2.75) is 6.92 Å². The molecule has 1 aromatic heterocycles. The zero-order valence-corrected chi connectivity index (χ0v) is 9.71. The van der Waals surface area contributed by atoms with Crippen LogP contribution in [0.1, 0.15) is 6.92 Å². The number of esters is 1. The van der Waals surface area contributed by atoms with Crippen LogP contribution < -0.4 is 4.57 Å². The molecular weight excluding hydrogens is 210 g/mol. The Balaban J connectivity index is 2.57. The molecule has 0 bridgehead atoms. The van der Waals surface area contributed by atoms with Crippen LogP contribution in [0.4, 0.5) is 4.79 Å². The largest absolute Gasteiger partial charge is 0.465 e. The number of rotatable bonds is 3. The SMILES string of the molecule is CCOC(=O)CN(C)C(=O)n1cc[n+](C)c1. The van der Waals surface area contributed by atoms with E-state index in [0.29, 0.717) is 6.61 Å². The molecule has 16 heavy (non-hydrogen) atoms. The van der Waals surface area contributed by atoms with Crippen LogP contribution in [0, 0.1) is 0 Å². The Morgan fingerprint density at radius 2 is 2.19 bits per heavy atom. The summed E-state index contributed by atoms with van der Waals surface area (Å²) in [5, 5.41) is 0. The number of ether oxygens (including phenoxy) is 1. The zero-order valence-electron chi connectivity index (χ0n) is 9.71. The smallest absolute Gasteiger partial charge is 0.416 e. The van der Waals surface area contributed by atoms with Crippen LogP contribution in [0.5, 0.6) is 0 Å².